The fourth-order valence-electron chi connectivity index (χ4n) is 2.66. The number of phenolic OH excluding ortho intramolecular Hbond substituents is 1. The Labute approximate surface area is 172 Å². The van der Waals surface area contributed by atoms with Gasteiger partial charge in [-0.25, -0.2) is 0 Å². The van der Waals surface area contributed by atoms with Gasteiger partial charge in [0.15, 0.2) is 5.75 Å². The van der Waals surface area contributed by atoms with Gasteiger partial charge in [-0.2, -0.15) is 0 Å². The van der Waals surface area contributed by atoms with Gasteiger partial charge in [-0.05, 0) is 41.6 Å². The number of ether oxygens (including phenoxy) is 1. The van der Waals surface area contributed by atoms with Crippen molar-refractivity contribution in [2.24, 2.45) is 0 Å². The number of hydrogen-bond donors (Lipinski definition) is 1. The number of nitro groups is 1. The molecule has 0 aromatic heterocycles. The third kappa shape index (κ3) is 3.73. The first-order chi connectivity index (χ1) is 13.3. The second kappa shape index (κ2) is 8.03. The molecule has 0 saturated carbocycles. The highest BCUT2D eigenvalue weighted by molar-refractivity contribution is 9.10. The minimum atomic E-state index is -0.713. The van der Waals surface area contributed by atoms with Gasteiger partial charge in [0.2, 0.25) is 5.75 Å². The summed E-state index contributed by atoms with van der Waals surface area (Å²) in [5.74, 6) is -1.26. The van der Waals surface area contributed by atoms with Gasteiger partial charge in [0.05, 0.1) is 29.0 Å². The maximum absolute atomic E-state index is 12.7. The van der Waals surface area contributed by atoms with Crippen LogP contribution in [0, 0.1) is 10.1 Å². The number of hydrogen-bond acceptors (Lipinski definition) is 7. The average Bonchev–Trinajstić information content (AvgIpc) is 2.91. The number of phenols is 1. The van der Waals surface area contributed by atoms with Crippen LogP contribution >= 0.6 is 27.7 Å². The third-order valence-corrected chi connectivity index (χ3v) is 5.66. The Morgan fingerprint density at radius 3 is 2.64 bits per heavy atom. The van der Waals surface area contributed by atoms with Gasteiger partial charge in [-0.15, -0.1) is 0 Å². The molecule has 2 amide bonds. The van der Waals surface area contributed by atoms with Crippen molar-refractivity contribution in [1.82, 2.24) is 4.90 Å². The zero-order valence-corrected chi connectivity index (χ0v) is 16.8. The van der Waals surface area contributed by atoms with Gasteiger partial charge >= 0.3 is 5.69 Å². The van der Waals surface area contributed by atoms with Crippen molar-refractivity contribution >= 4 is 50.6 Å². The number of rotatable bonds is 5. The van der Waals surface area contributed by atoms with E-state index in [2.05, 4.69) is 15.9 Å². The van der Waals surface area contributed by atoms with E-state index < -0.39 is 27.5 Å². The van der Waals surface area contributed by atoms with E-state index in [4.69, 9.17) is 4.74 Å². The molecule has 10 heteroatoms. The standard InChI is InChI=1S/C18H13BrN2O6S/c1-27-16-13(22)7-6-10(15(16)21(25)26)8-14-17(23)20(18(24)28-14)9-11-4-2-3-5-12(11)19/h2-8,22H,9H2,1H3/b14-8-. The van der Waals surface area contributed by atoms with Crippen molar-refractivity contribution in [1.29, 1.82) is 0 Å². The number of thioether (sulfide) groups is 1. The van der Waals surface area contributed by atoms with E-state index in [0.717, 1.165) is 14.9 Å². The summed E-state index contributed by atoms with van der Waals surface area (Å²) >= 11 is 4.07. The molecular formula is C18H13BrN2O6S. The monoisotopic (exact) mass is 464 g/mol. The SMILES string of the molecule is COc1c(O)ccc(/C=C2\SC(=O)N(Cc3ccccc3Br)C2=O)c1[N+](=O)[O-]. The van der Waals surface area contributed by atoms with E-state index in [0.29, 0.717) is 11.8 Å². The van der Waals surface area contributed by atoms with Crippen LogP contribution in [0.2, 0.25) is 0 Å². The van der Waals surface area contributed by atoms with Crippen molar-refractivity contribution in [2.45, 2.75) is 6.54 Å². The quantitative estimate of drug-likeness (QED) is 0.398. The smallest absolute Gasteiger partial charge is 0.322 e. The number of methoxy groups -OCH3 is 1. The number of halogens is 1. The predicted molar refractivity (Wildman–Crippen MR) is 107 cm³/mol. The van der Waals surface area contributed by atoms with Gasteiger partial charge < -0.3 is 9.84 Å². The molecule has 0 spiro atoms. The van der Waals surface area contributed by atoms with Gasteiger partial charge in [-0.1, -0.05) is 34.1 Å². The Bertz CT molecular complexity index is 1020. The highest BCUT2D eigenvalue weighted by Gasteiger charge is 2.36. The van der Waals surface area contributed by atoms with Crippen molar-refractivity contribution in [3.8, 4) is 11.5 Å². The maximum Gasteiger partial charge on any atom is 0.322 e. The van der Waals surface area contributed by atoms with Crippen molar-refractivity contribution in [2.75, 3.05) is 7.11 Å². The van der Waals surface area contributed by atoms with Crippen LogP contribution in [0.4, 0.5) is 10.5 Å². The normalized spacial score (nSPS) is 15.4. The lowest BCUT2D eigenvalue weighted by molar-refractivity contribution is -0.386. The van der Waals surface area contributed by atoms with E-state index in [9.17, 15) is 24.8 Å². The maximum atomic E-state index is 12.7. The van der Waals surface area contributed by atoms with Crippen molar-refractivity contribution in [3.05, 3.63) is 67.0 Å². The van der Waals surface area contributed by atoms with Crippen LogP contribution in [0.1, 0.15) is 11.1 Å². The fraction of sp³-hybridized carbons (Fsp3) is 0.111. The predicted octanol–water partition coefficient (Wildman–Crippen LogP) is 4.31. The molecule has 2 aromatic carbocycles. The molecule has 3 rings (SSSR count). The van der Waals surface area contributed by atoms with E-state index in [1.807, 2.05) is 6.07 Å². The molecule has 1 heterocycles. The number of imide groups is 1. The minimum absolute atomic E-state index is 0.0473. The van der Waals surface area contributed by atoms with Crippen LogP contribution in [-0.4, -0.2) is 33.2 Å². The molecule has 1 fully saturated rings. The summed E-state index contributed by atoms with van der Waals surface area (Å²) in [6.45, 7) is 0.0738. The van der Waals surface area contributed by atoms with Crippen molar-refractivity contribution in [3.63, 3.8) is 0 Å². The lowest BCUT2D eigenvalue weighted by Gasteiger charge is -2.13. The Kier molecular flexibility index (Phi) is 5.71. The topological polar surface area (TPSA) is 110 Å². The van der Waals surface area contributed by atoms with E-state index in [-0.39, 0.29) is 22.8 Å². The molecule has 1 aliphatic heterocycles. The molecule has 0 atom stereocenters. The average molecular weight is 465 g/mol. The summed E-state index contributed by atoms with van der Waals surface area (Å²) in [7, 11) is 1.19. The highest BCUT2D eigenvalue weighted by atomic mass is 79.9. The molecule has 0 aliphatic carbocycles. The molecule has 1 aliphatic rings. The molecule has 0 radical (unpaired) electrons. The lowest BCUT2D eigenvalue weighted by atomic mass is 10.1. The first-order valence-electron chi connectivity index (χ1n) is 7.86. The van der Waals surface area contributed by atoms with Gasteiger partial charge in [0.25, 0.3) is 11.1 Å². The number of carbonyl (C=O) groups is 2. The highest BCUT2D eigenvalue weighted by Crippen LogP contribution is 2.41. The number of aromatic hydroxyl groups is 1. The molecule has 8 nitrogen and oxygen atoms in total. The fourth-order valence-corrected chi connectivity index (χ4v) is 3.90. The van der Waals surface area contributed by atoms with Gasteiger partial charge in [0, 0.05) is 4.47 Å². The first kappa shape index (κ1) is 19.9. The molecule has 144 valence electrons. The Morgan fingerprint density at radius 1 is 1.29 bits per heavy atom. The van der Waals surface area contributed by atoms with Crippen LogP contribution in [-0.2, 0) is 11.3 Å². The molecule has 0 unspecified atom stereocenters. The van der Waals surface area contributed by atoms with Crippen LogP contribution in [0.3, 0.4) is 0 Å². The minimum Gasteiger partial charge on any atom is -0.504 e. The number of nitrogens with zero attached hydrogens (tertiary/aromatic N) is 2. The molecule has 1 N–H and O–H groups in total. The van der Waals surface area contributed by atoms with E-state index in [1.165, 1.54) is 25.3 Å². The summed E-state index contributed by atoms with van der Waals surface area (Å²) in [5.41, 5.74) is 0.314. The lowest BCUT2D eigenvalue weighted by Crippen LogP contribution is -2.27. The summed E-state index contributed by atoms with van der Waals surface area (Å²) in [4.78, 5) is 36.8. The zero-order chi connectivity index (χ0) is 20.4. The Hall–Kier alpha value is -2.85. The Morgan fingerprint density at radius 2 is 2.00 bits per heavy atom. The molecule has 2 aromatic rings. The summed E-state index contributed by atoms with van der Waals surface area (Å²) in [6, 6.07) is 9.71. The van der Waals surface area contributed by atoms with Crippen LogP contribution < -0.4 is 4.74 Å². The summed E-state index contributed by atoms with van der Waals surface area (Å²) in [6.07, 6.45) is 1.25. The zero-order valence-electron chi connectivity index (χ0n) is 14.4. The number of amides is 2. The second-order valence-corrected chi connectivity index (χ2v) is 7.52. The summed E-state index contributed by atoms with van der Waals surface area (Å²) < 4.78 is 5.67. The Balaban J connectivity index is 1.97. The van der Waals surface area contributed by atoms with Crippen LogP contribution in [0.5, 0.6) is 11.5 Å². The first-order valence-corrected chi connectivity index (χ1v) is 9.47. The van der Waals surface area contributed by atoms with Crippen LogP contribution in [0.15, 0.2) is 45.8 Å². The molecular weight excluding hydrogens is 452 g/mol. The van der Waals surface area contributed by atoms with E-state index in [1.54, 1.807) is 18.2 Å². The van der Waals surface area contributed by atoms with Crippen LogP contribution in [0.25, 0.3) is 6.08 Å². The summed E-state index contributed by atoms with van der Waals surface area (Å²) in [5, 5.41) is 20.7. The molecule has 28 heavy (non-hydrogen) atoms. The largest absolute Gasteiger partial charge is 0.504 e. The van der Waals surface area contributed by atoms with Gasteiger partial charge in [0.1, 0.15) is 0 Å². The second-order valence-electron chi connectivity index (χ2n) is 5.67. The number of benzene rings is 2. The third-order valence-electron chi connectivity index (χ3n) is 3.98. The molecule has 0 bridgehead atoms. The number of carbonyl (C=O) groups excluding carboxylic acids is 2. The molecule has 1 saturated heterocycles. The van der Waals surface area contributed by atoms with Crippen molar-refractivity contribution < 1.29 is 24.4 Å². The van der Waals surface area contributed by atoms with Gasteiger partial charge in [-0.3, -0.25) is 24.6 Å². The van der Waals surface area contributed by atoms with E-state index >= 15 is 0 Å². The number of nitro benzene ring substituents is 1.